The van der Waals surface area contributed by atoms with Crippen molar-refractivity contribution in [2.45, 2.75) is 19.8 Å². The minimum Gasteiger partial charge on any atom is -0.359 e. The molecule has 0 heterocycles. The number of carbonyl (C=O) groups is 1. The van der Waals surface area contributed by atoms with E-state index in [2.05, 4.69) is 16.7 Å². The van der Waals surface area contributed by atoms with Crippen molar-refractivity contribution in [2.75, 3.05) is 20.1 Å². The van der Waals surface area contributed by atoms with Gasteiger partial charge < -0.3 is 10.6 Å². The zero-order chi connectivity index (χ0) is 9.23. The Balaban J connectivity index is 3.05. The van der Waals surface area contributed by atoms with Gasteiger partial charge in [0.15, 0.2) is 0 Å². The van der Waals surface area contributed by atoms with E-state index in [0.29, 0.717) is 6.42 Å². The molecule has 0 aliphatic carbocycles. The maximum atomic E-state index is 10.7. The molecular weight excluding hydrogens is 152 g/mol. The highest BCUT2D eigenvalue weighted by molar-refractivity contribution is 5.75. The first-order valence-electron chi connectivity index (χ1n) is 4.33. The summed E-state index contributed by atoms with van der Waals surface area (Å²) in [5, 5.41) is 5.75. The zero-order valence-corrected chi connectivity index (χ0v) is 7.89. The van der Waals surface area contributed by atoms with E-state index in [1.165, 1.54) is 0 Å². The lowest BCUT2D eigenvalue weighted by molar-refractivity contribution is -0.120. The van der Waals surface area contributed by atoms with Crippen molar-refractivity contribution in [1.82, 2.24) is 10.6 Å². The summed E-state index contributed by atoms with van der Waals surface area (Å²) in [6.45, 7) is 3.71. The Labute approximate surface area is 74.2 Å². The molecule has 12 heavy (non-hydrogen) atoms. The quantitative estimate of drug-likeness (QED) is 0.454. The van der Waals surface area contributed by atoms with E-state index < -0.39 is 0 Å². The molecule has 70 valence electrons. The van der Waals surface area contributed by atoms with Gasteiger partial charge >= 0.3 is 0 Å². The average Bonchev–Trinajstić information content (AvgIpc) is 2.10. The fraction of sp³-hybridized carbons (Fsp3) is 0.667. The van der Waals surface area contributed by atoms with Gasteiger partial charge in [-0.05, 0) is 19.9 Å². The molecule has 2 N–H and O–H groups in total. The van der Waals surface area contributed by atoms with Crippen LogP contribution in [0.3, 0.4) is 0 Å². The summed E-state index contributed by atoms with van der Waals surface area (Å²) in [7, 11) is 1.65. The molecule has 0 aromatic rings. The molecule has 0 fully saturated rings. The monoisotopic (exact) mass is 170 g/mol. The molecule has 0 bridgehead atoms. The van der Waals surface area contributed by atoms with E-state index >= 15 is 0 Å². The Morgan fingerprint density at radius 3 is 2.75 bits per heavy atom. The predicted octanol–water partition coefficient (Wildman–Crippen LogP) is 0.678. The molecule has 0 saturated heterocycles. The third kappa shape index (κ3) is 7.28. The van der Waals surface area contributed by atoms with Crippen molar-refractivity contribution in [3.8, 4) is 0 Å². The van der Waals surface area contributed by atoms with Gasteiger partial charge in [-0.2, -0.15) is 0 Å². The van der Waals surface area contributed by atoms with Gasteiger partial charge in [-0.25, -0.2) is 0 Å². The number of nitrogens with one attached hydrogen (secondary N) is 2. The Bertz CT molecular complexity index is 143. The minimum atomic E-state index is 0.0912. The van der Waals surface area contributed by atoms with Crippen LogP contribution in [0.4, 0.5) is 0 Å². The molecule has 0 spiro atoms. The molecule has 0 atom stereocenters. The van der Waals surface area contributed by atoms with Crippen molar-refractivity contribution < 1.29 is 4.79 Å². The molecule has 0 aromatic heterocycles. The predicted molar refractivity (Wildman–Crippen MR) is 51.0 cm³/mol. The van der Waals surface area contributed by atoms with Crippen LogP contribution in [0.25, 0.3) is 0 Å². The van der Waals surface area contributed by atoms with Crippen LogP contribution in [0.2, 0.25) is 0 Å². The standard InChI is InChI=1S/C9H18N2O/c1-3-4-5-7-11-8-6-9(12)10-2/h3-4,11H,5-8H2,1-2H3,(H,10,12)/b4-3+. The van der Waals surface area contributed by atoms with Crippen molar-refractivity contribution >= 4 is 5.91 Å². The Morgan fingerprint density at radius 2 is 2.17 bits per heavy atom. The number of carbonyl (C=O) groups excluding carboxylic acids is 1. The number of allylic oxidation sites excluding steroid dienone is 1. The maximum absolute atomic E-state index is 10.7. The van der Waals surface area contributed by atoms with Gasteiger partial charge in [0.1, 0.15) is 0 Å². The smallest absolute Gasteiger partial charge is 0.221 e. The Hall–Kier alpha value is -0.830. The van der Waals surface area contributed by atoms with Crippen molar-refractivity contribution in [3.05, 3.63) is 12.2 Å². The molecule has 3 nitrogen and oxygen atoms in total. The topological polar surface area (TPSA) is 41.1 Å². The lowest BCUT2D eigenvalue weighted by atomic mass is 10.3. The molecule has 0 radical (unpaired) electrons. The van der Waals surface area contributed by atoms with E-state index in [1.807, 2.05) is 13.0 Å². The van der Waals surface area contributed by atoms with Crippen LogP contribution in [-0.4, -0.2) is 26.0 Å². The lowest BCUT2D eigenvalue weighted by Gasteiger charge is -2.01. The fourth-order valence-corrected chi connectivity index (χ4v) is 0.804. The molecule has 0 rings (SSSR count). The van der Waals surface area contributed by atoms with Gasteiger partial charge in [0.05, 0.1) is 0 Å². The second kappa shape index (κ2) is 8.27. The largest absolute Gasteiger partial charge is 0.359 e. The summed E-state index contributed by atoms with van der Waals surface area (Å²) in [6, 6.07) is 0. The highest BCUT2D eigenvalue weighted by atomic mass is 16.1. The molecule has 1 amide bonds. The first-order chi connectivity index (χ1) is 5.81. The second-order valence-electron chi connectivity index (χ2n) is 2.53. The average molecular weight is 170 g/mol. The SMILES string of the molecule is C/C=C/CCNCCC(=O)NC. The second-order valence-corrected chi connectivity index (χ2v) is 2.53. The summed E-state index contributed by atoms with van der Waals surface area (Å²) < 4.78 is 0. The zero-order valence-electron chi connectivity index (χ0n) is 7.89. The number of hydrogen-bond acceptors (Lipinski definition) is 2. The van der Waals surface area contributed by atoms with Crippen LogP contribution in [0.5, 0.6) is 0 Å². The first-order valence-corrected chi connectivity index (χ1v) is 4.33. The molecule has 0 aliphatic heterocycles. The normalized spacial score (nSPS) is 10.5. The van der Waals surface area contributed by atoms with Crippen molar-refractivity contribution in [2.24, 2.45) is 0 Å². The van der Waals surface area contributed by atoms with Crippen LogP contribution in [0, 0.1) is 0 Å². The molecule has 0 unspecified atom stereocenters. The van der Waals surface area contributed by atoms with Gasteiger partial charge in [0.2, 0.25) is 5.91 Å². The summed E-state index contributed by atoms with van der Waals surface area (Å²) >= 11 is 0. The third-order valence-electron chi connectivity index (χ3n) is 1.53. The summed E-state index contributed by atoms with van der Waals surface area (Å²) in [6.07, 6.45) is 5.73. The number of hydrogen-bond donors (Lipinski definition) is 2. The maximum Gasteiger partial charge on any atom is 0.221 e. The van der Waals surface area contributed by atoms with Crippen LogP contribution in [0.1, 0.15) is 19.8 Å². The minimum absolute atomic E-state index is 0.0912. The first kappa shape index (κ1) is 11.2. The summed E-state index contributed by atoms with van der Waals surface area (Å²) in [5.41, 5.74) is 0. The van der Waals surface area contributed by atoms with Crippen LogP contribution in [-0.2, 0) is 4.79 Å². The highest BCUT2D eigenvalue weighted by Gasteiger charge is 1.94. The third-order valence-corrected chi connectivity index (χ3v) is 1.53. The number of rotatable bonds is 6. The van der Waals surface area contributed by atoms with E-state index in [9.17, 15) is 4.79 Å². The number of amides is 1. The van der Waals surface area contributed by atoms with Gasteiger partial charge in [0, 0.05) is 20.0 Å². The van der Waals surface area contributed by atoms with Crippen LogP contribution >= 0.6 is 0 Å². The molecule has 0 saturated carbocycles. The molecule has 3 heteroatoms. The summed E-state index contributed by atoms with van der Waals surface area (Å²) in [5.74, 6) is 0.0912. The Kier molecular flexibility index (Phi) is 7.70. The van der Waals surface area contributed by atoms with Crippen molar-refractivity contribution in [3.63, 3.8) is 0 Å². The van der Waals surface area contributed by atoms with Crippen LogP contribution < -0.4 is 10.6 Å². The van der Waals surface area contributed by atoms with E-state index in [1.54, 1.807) is 7.05 Å². The van der Waals surface area contributed by atoms with E-state index in [4.69, 9.17) is 0 Å². The van der Waals surface area contributed by atoms with E-state index in [0.717, 1.165) is 19.5 Å². The van der Waals surface area contributed by atoms with Gasteiger partial charge in [-0.15, -0.1) is 0 Å². The van der Waals surface area contributed by atoms with Gasteiger partial charge in [0.25, 0.3) is 0 Å². The Morgan fingerprint density at radius 1 is 1.42 bits per heavy atom. The van der Waals surface area contributed by atoms with Gasteiger partial charge in [-0.1, -0.05) is 12.2 Å². The van der Waals surface area contributed by atoms with Crippen LogP contribution in [0.15, 0.2) is 12.2 Å². The van der Waals surface area contributed by atoms with E-state index in [-0.39, 0.29) is 5.91 Å². The molecular formula is C9H18N2O. The highest BCUT2D eigenvalue weighted by Crippen LogP contribution is 1.80. The summed E-state index contributed by atoms with van der Waals surface area (Å²) in [4.78, 5) is 10.7. The van der Waals surface area contributed by atoms with Gasteiger partial charge in [-0.3, -0.25) is 4.79 Å². The lowest BCUT2D eigenvalue weighted by Crippen LogP contribution is -2.25. The fourth-order valence-electron chi connectivity index (χ4n) is 0.804. The van der Waals surface area contributed by atoms with Crippen molar-refractivity contribution in [1.29, 1.82) is 0 Å². The molecule has 0 aromatic carbocycles. The molecule has 0 aliphatic rings.